The zero-order chi connectivity index (χ0) is 23.8. The molecule has 0 spiro atoms. The summed E-state index contributed by atoms with van der Waals surface area (Å²) >= 11 is 0. The Hall–Kier alpha value is -3.72. The third kappa shape index (κ3) is 5.60. The Morgan fingerprint density at radius 1 is 0.824 bits per heavy atom. The Morgan fingerprint density at radius 3 is 2.38 bits per heavy atom. The number of rotatable bonds is 11. The molecule has 0 saturated carbocycles. The zero-order valence-corrected chi connectivity index (χ0v) is 20.1. The molecule has 0 unspecified atom stereocenters. The van der Waals surface area contributed by atoms with E-state index in [-0.39, 0.29) is 0 Å². The molecule has 0 bridgehead atoms. The van der Waals surface area contributed by atoms with E-state index in [2.05, 4.69) is 97.7 Å². The largest absolute Gasteiger partial charge is 0.490 e. The van der Waals surface area contributed by atoms with Gasteiger partial charge in [0, 0.05) is 17.8 Å². The van der Waals surface area contributed by atoms with Crippen LogP contribution >= 0.6 is 0 Å². The van der Waals surface area contributed by atoms with Crippen LogP contribution in [0, 0.1) is 0 Å². The van der Waals surface area contributed by atoms with Crippen LogP contribution in [0.4, 0.5) is 5.69 Å². The standard InChI is InChI=1S/C31H33NO2/c1-4-10-26-19-24(21-32-28-17-15-23(5-2)16-18-28)20-30(33-6-3)31(26)34-22-27-13-9-12-25-11-7-8-14-29(25)27/h4,7-9,11-20,32H,1,5-6,10,21-22H2,2-3H3. The molecule has 0 aliphatic carbocycles. The number of aryl methyl sites for hydroxylation is 1. The number of benzene rings is 4. The molecule has 4 aromatic rings. The molecule has 3 nitrogen and oxygen atoms in total. The second-order valence-electron chi connectivity index (χ2n) is 8.34. The van der Waals surface area contributed by atoms with Crippen molar-refractivity contribution in [1.82, 2.24) is 0 Å². The van der Waals surface area contributed by atoms with Gasteiger partial charge in [-0.2, -0.15) is 0 Å². The summed E-state index contributed by atoms with van der Waals surface area (Å²) in [6.07, 6.45) is 3.67. The van der Waals surface area contributed by atoms with Crippen LogP contribution in [0.15, 0.2) is 91.5 Å². The van der Waals surface area contributed by atoms with E-state index in [4.69, 9.17) is 9.47 Å². The number of anilines is 1. The average molecular weight is 452 g/mol. The molecule has 174 valence electrons. The second-order valence-corrected chi connectivity index (χ2v) is 8.34. The lowest BCUT2D eigenvalue weighted by Crippen LogP contribution is -2.06. The molecule has 0 heterocycles. The quantitative estimate of drug-likeness (QED) is 0.237. The van der Waals surface area contributed by atoms with Gasteiger partial charge in [0.25, 0.3) is 0 Å². The summed E-state index contributed by atoms with van der Waals surface area (Å²) in [5, 5.41) is 5.95. The van der Waals surface area contributed by atoms with E-state index in [9.17, 15) is 0 Å². The van der Waals surface area contributed by atoms with Gasteiger partial charge in [0.15, 0.2) is 11.5 Å². The van der Waals surface area contributed by atoms with Gasteiger partial charge in [0.1, 0.15) is 6.61 Å². The predicted molar refractivity (Wildman–Crippen MR) is 143 cm³/mol. The summed E-state index contributed by atoms with van der Waals surface area (Å²) in [6, 6.07) is 27.6. The lowest BCUT2D eigenvalue weighted by molar-refractivity contribution is 0.267. The van der Waals surface area contributed by atoms with Crippen molar-refractivity contribution in [3.63, 3.8) is 0 Å². The zero-order valence-electron chi connectivity index (χ0n) is 20.1. The summed E-state index contributed by atoms with van der Waals surface area (Å²) in [5.41, 5.74) is 5.84. The van der Waals surface area contributed by atoms with Crippen molar-refractivity contribution in [1.29, 1.82) is 0 Å². The van der Waals surface area contributed by atoms with E-state index in [1.165, 1.54) is 16.3 Å². The van der Waals surface area contributed by atoms with Crippen molar-refractivity contribution in [3.8, 4) is 11.5 Å². The van der Waals surface area contributed by atoms with Crippen LogP contribution in [0.1, 0.15) is 36.1 Å². The highest BCUT2D eigenvalue weighted by molar-refractivity contribution is 5.85. The monoisotopic (exact) mass is 451 g/mol. The summed E-state index contributed by atoms with van der Waals surface area (Å²) in [5.74, 6) is 1.57. The van der Waals surface area contributed by atoms with Crippen LogP contribution in [-0.2, 0) is 26.0 Å². The number of fused-ring (bicyclic) bond motifs is 1. The van der Waals surface area contributed by atoms with Gasteiger partial charge in [0.05, 0.1) is 6.61 Å². The van der Waals surface area contributed by atoms with Crippen LogP contribution in [-0.4, -0.2) is 6.61 Å². The van der Waals surface area contributed by atoms with Crippen molar-refractivity contribution in [2.24, 2.45) is 0 Å². The molecule has 0 amide bonds. The van der Waals surface area contributed by atoms with Gasteiger partial charge in [-0.05, 0) is 71.5 Å². The molecule has 34 heavy (non-hydrogen) atoms. The molecule has 0 aliphatic heterocycles. The highest BCUT2D eigenvalue weighted by atomic mass is 16.5. The van der Waals surface area contributed by atoms with Gasteiger partial charge in [-0.1, -0.05) is 67.6 Å². The summed E-state index contributed by atoms with van der Waals surface area (Å²) < 4.78 is 12.5. The highest BCUT2D eigenvalue weighted by Gasteiger charge is 2.14. The SMILES string of the molecule is C=CCc1cc(CNc2ccc(CC)cc2)cc(OCC)c1OCc1cccc2ccccc12. The van der Waals surface area contributed by atoms with Crippen LogP contribution in [0.5, 0.6) is 11.5 Å². The minimum Gasteiger partial charge on any atom is -0.490 e. The Balaban J connectivity index is 1.58. The van der Waals surface area contributed by atoms with E-state index >= 15 is 0 Å². The average Bonchev–Trinajstić information content (AvgIpc) is 2.87. The third-order valence-electron chi connectivity index (χ3n) is 5.97. The van der Waals surface area contributed by atoms with Gasteiger partial charge in [-0.15, -0.1) is 6.58 Å². The van der Waals surface area contributed by atoms with Crippen molar-refractivity contribution < 1.29 is 9.47 Å². The lowest BCUT2D eigenvalue weighted by Gasteiger charge is -2.18. The number of ether oxygens (including phenoxy) is 2. The smallest absolute Gasteiger partial charge is 0.165 e. The van der Waals surface area contributed by atoms with E-state index < -0.39 is 0 Å². The van der Waals surface area contributed by atoms with Crippen LogP contribution in [0.25, 0.3) is 10.8 Å². The Bertz CT molecular complexity index is 1240. The van der Waals surface area contributed by atoms with Crippen molar-refractivity contribution in [2.45, 2.75) is 39.8 Å². The number of allylic oxidation sites excluding steroid dienone is 1. The van der Waals surface area contributed by atoms with E-state index in [1.807, 2.05) is 13.0 Å². The molecule has 1 N–H and O–H groups in total. The fraction of sp³-hybridized carbons (Fsp3) is 0.226. The summed E-state index contributed by atoms with van der Waals surface area (Å²) in [7, 11) is 0. The maximum absolute atomic E-state index is 6.42. The van der Waals surface area contributed by atoms with Crippen LogP contribution in [0.3, 0.4) is 0 Å². The molecule has 4 rings (SSSR count). The van der Waals surface area contributed by atoms with Crippen molar-refractivity contribution >= 4 is 16.5 Å². The lowest BCUT2D eigenvalue weighted by atomic mass is 10.0. The first-order valence-electron chi connectivity index (χ1n) is 12.0. The van der Waals surface area contributed by atoms with Gasteiger partial charge >= 0.3 is 0 Å². The normalized spacial score (nSPS) is 10.8. The molecule has 0 saturated heterocycles. The first kappa shape index (κ1) is 23.4. The van der Waals surface area contributed by atoms with Gasteiger partial charge in [0.2, 0.25) is 0 Å². The molecular formula is C31H33NO2. The van der Waals surface area contributed by atoms with E-state index in [0.29, 0.717) is 26.2 Å². The van der Waals surface area contributed by atoms with Gasteiger partial charge in [-0.3, -0.25) is 0 Å². The predicted octanol–water partition coefficient (Wildman–Crippen LogP) is 7.72. The first-order chi connectivity index (χ1) is 16.7. The maximum Gasteiger partial charge on any atom is 0.165 e. The number of hydrogen-bond acceptors (Lipinski definition) is 3. The van der Waals surface area contributed by atoms with Crippen molar-refractivity contribution in [3.05, 3.63) is 114 Å². The summed E-state index contributed by atoms with van der Waals surface area (Å²) in [4.78, 5) is 0. The Kier molecular flexibility index (Phi) is 7.87. The molecule has 0 atom stereocenters. The molecule has 3 heteroatoms. The molecule has 0 aromatic heterocycles. The van der Waals surface area contributed by atoms with Crippen molar-refractivity contribution in [2.75, 3.05) is 11.9 Å². The van der Waals surface area contributed by atoms with Crippen LogP contribution < -0.4 is 14.8 Å². The van der Waals surface area contributed by atoms with Crippen LogP contribution in [0.2, 0.25) is 0 Å². The maximum atomic E-state index is 6.42. The van der Waals surface area contributed by atoms with Gasteiger partial charge < -0.3 is 14.8 Å². The summed E-state index contributed by atoms with van der Waals surface area (Å²) in [6.45, 7) is 9.89. The highest BCUT2D eigenvalue weighted by Crippen LogP contribution is 2.35. The Morgan fingerprint density at radius 2 is 1.62 bits per heavy atom. The topological polar surface area (TPSA) is 30.5 Å². The fourth-order valence-electron chi connectivity index (χ4n) is 4.19. The first-order valence-corrected chi connectivity index (χ1v) is 12.0. The second kappa shape index (κ2) is 11.4. The van der Waals surface area contributed by atoms with E-state index in [1.54, 1.807) is 0 Å². The fourth-order valence-corrected chi connectivity index (χ4v) is 4.19. The third-order valence-corrected chi connectivity index (χ3v) is 5.97. The molecular weight excluding hydrogens is 418 g/mol. The molecule has 0 aliphatic rings. The Labute approximate surface area is 203 Å². The van der Waals surface area contributed by atoms with Gasteiger partial charge in [-0.25, -0.2) is 0 Å². The number of nitrogens with one attached hydrogen (secondary N) is 1. The minimum atomic E-state index is 0.479. The van der Waals surface area contributed by atoms with E-state index in [0.717, 1.165) is 40.3 Å². The molecule has 0 radical (unpaired) electrons. The minimum absolute atomic E-state index is 0.479. The number of hydrogen-bond donors (Lipinski definition) is 1. The molecule has 4 aromatic carbocycles. The molecule has 0 fully saturated rings.